The molecule has 1 N–H and O–H groups in total. The molecule has 19 heavy (non-hydrogen) atoms. The predicted octanol–water partition coefficient (Wildman–Crippen LogP) is 2.76. The second kappa shape index (κ2) is 6.19. The number of nitrogens with zero attached hydrogens (tertiary/aromatic N) is 3. The number of anilines is 1. The van der Waals surface area contributed by atoms with E-state index in [4.69, 9.17) is 21.1 Å². The van der Waals surface area contributed by atoms with Crippen molar-refractivity contribution in [3.05, 3.63) is 29.3 Å². The molecule has 0 saturated heterocycles. The van der Waals surface area contributed by atoms with Crippen molar-refractivity contribution < 1.29 is 9.47 Å². The fourth-order valence-corrected chi connectivity index (χ4v) is 1.42. The van der Waals surface area contributed by atoms with Crippen molar-refractivity contribution in [3.8, 4) is 17.8 Å². The van der Waals surface area contributed by atoms with Gasteiger partial charge in [-0.25, -0.2) is 0 Å². The third-order valence-electron chi connectivity index (χ3n) is 2.11. The zero-order valence-electron chi connectivity index (χ0n) is 10.6. The van der Waals surface area contributed by atoms with Gasteiger partial charge in [0.15, 0.2) is 0 Å². The summed E-state index contributed by atoms with van der Waals surface area (Å²) < 4.78 is 10.8. The van der Waals surface area contributed by atoms with Gasteiger partial charge < -0.3 is 14.8 Å². The molecule has 0 fully saturated rings. The molecule has 0 bridgehead atoms. The van der Waals surface area contributed by atoms with Crippen LogP contribution in [-0.4, -0.2) is 28.6 Å². The van der Waals surface area contributed by atoms with Gasteiger partial charge in [0.2, 0.25) is 5.95 Å². The number of ether oxygens (including phenoxy) is 2. The second-order valence-electron chi connectivity index (χ2n) is 3.46. The fraction of sp³-hybridized carbons (Fsp3) is 0.250. The lowest BCUT2D eigenvalue weighted by Crippen LogP contribution is -2.05. The number of halogens is 1. The summed E-state index contributed by atoms with van der Waals surface area (Å²) >= 11 is 5.80. The van der Waals surface area contributed by atoms with E-state index in [1.807, 2.05) is 6.92 Å². The lowest BCUT2D eigenvalue weighted by atomic mass is 10.3. The summed E-state index contributed by atoms with van der Waals surface area (Å²) in [6.45, 7) is 2.32. The standard InChI is InChI=1S/C12H13ClN4O2/c1-3-18-11-15-10(14-2)16-12(17-11)19-9-6-4-8(13)5-7-9/h4-7H,3H2,1-2H3,(H,14,15,16,17). The smallest absolute Gasteiger partial charge is 0.330 e. The van der Waals surface area contributed by atoms with Crippen LogP contribution >= 0.6 is 11.6 Å². The molecular weight excluding hydrogens is 268 g/mol. The summed E-state index contributed by atoms with van der Waals surface area (Å²) in [7, 11) is 1.71. The summed E-state index contributed by atoms with van der Waals surface area (Å²) in [5, 5.41) is 3.45. The molecule has 1 aromatic carbocycles. The summed E-state index contributed by atoms with van der Waals surface area (Å²) in [5.41, 5.74) is 0. The normalized spacial score (nSPS) is 10.1. The van der Waals surface area contributed by atoms with Gasteiger partial charge >= 0.3 is 12.0 Å². The first kappa shape index (κ1) is 13.4. The third-order valence-corrected chi connectivity index (χ3v) is 2.37. The number of rotatable bonds is 5. The van der Waals surface area contributed by atoms with Crippen molar-refractivity contribution in [2.75, 3.05) is 19.0 Å². The zero-order chi connectivity index (χ0) is 13.7. The van der Waals surface area contributed by atoms with E-state index in [0.717, 1.165) is 0 Å². The maximum atomic E-state index is 5.80. The van der Waals surface area contributed by atoms with Crippen molar-refractivity contribution >= 4 is 17.5 Å². The van der Waals surface area contributed by atoms with Gasteiger partial charge in [0.25, 0.3) is 0 Å². The molecule has 0 spiro atoms. The Kier molecular flexibility index (Phi) is 4.35. The Hall–Kier alpha value is -2.08. The molecule has 0 atom stereocenters. The first-order valence-electron chi connectivity index (χ1n) is 5.71. The van der Waals surface area contributed by atoms with Crippen molar-refractivity contribution in [1.82, 2.24) is 15.0 Å². The first-order chi connectivity index (χ1) is 9.21. The van der Waals surface area contributed by atoms with E-state index in [1.165, 1.54) is 0 Å². The third kappa shape index (κ3) is 3.69. The van der Waals surface area contributed by atoms with Crippen molar-refractivity contribution in [3.63, 3.8) is 0 Å². The van der Waals surface area contributed by atoms with Crippen LogP contribution in [0.4, 0.5) is 5.95 Å². The quantitative estimate of drug-likeness (QED) is 0.908. The van der Waals surface area contributed by atoms with E-state index in [2.05, 4.69) is 20.3 Å². The van der Waals surface area contributed by atoms with Gasteiger partial charge in [0, 0.05) is 12.1 Å². The van der Waals surface area contributed by atoms with Gasteiger partial charge in [-0.1, -0.05) is 11.6 Å². The highest BCUT2D eigenvalue weighted by Crippen LogP contribution is 2.22. The molecule has 0 aliphatic carbocycles. The Morgan fingerprint density at radius 2 is 1.79 bits per heavy atom. The number of hydrogen-bond acceptors (Lipinski definition) is 6. The Morgan fingerprint density at radius 1 is 1.11 bits per heavy atom. The molecule has 2 rings (SSSR count). The van der Waals surface area contributed by atoms with Crippen LogP contribution in [0, 0.1) is 0 Å². The molecule has 2 aromatic rings. The van der Waals surface area contributed by atoms with Crippen LogP contribution in [0.5, 0.6) is 17.8 Å². The van der Waals surface area contributed by atoms with E-state index < -0.39 is 0 Å². The molecule has 1 aromatic heterocycles. The minimum atomic E-state index is 0.158. The van der Waals surface area contributed by atoms with E-state index in [0.29, 0.717) is 23.3 Å². The number of benzene rings is 1. The minimum absolute atomic E-state index is 0.158. The molecule has 0 saturated carbocycles. The molecule has 0 aliphatic rings. The van der Waals surface area contributed by atoms with Gasteiger partial charge in [-0.2, -0.15) is 9.97 Å². The Bertz CT molecular complexity index is 548. The Labute approximate surface area is 115 Å². The summed E-state index contributed by atoms with van der Waals surface area (Å²) in [5.74, 6) is 0.961. The molecule has 100 valence electrons. The van der Waals surface area contributed by atoms with Crippen molar-refractivity contribution in [1.29, 1.82) is 0 Å². The van der Waals surface area contributed by atoms with Crippen molar-refractivity contribution in [2.24, 2.45) is 0 Å². The second-order valence-corrected chi connectivity index (χ2v) is 3.90. The molecule has 6 nitrogen and oxygen atoms in total. The largest absolute Gasteiger partial charge is 0.464 e. The monoisotopic (exact) mass is 280 g/mol. The molecule has 0 amide bonds. The van der Waals surface area contributed by atoms with E-state index in [1.54, 1.807) is 31.3 Å². The summed E-state index contributed by atoms with van der Waals surface area (Å²) in [4.78, 5) is 12.2. The van der Waals surface area contributed by atoms with Crippen LogP contribution in [0.2, 0.25) is 5.02 Å². The van der Waals surface area contributed by atoms with E-state index >= 15 is 0 Å². The zero-order valence-corrected chi connectivity index (χ0v) is 11.3. The van der Waals surface area contributed by atoms with E-state index in [-0.39, 0.29) is 12.0 Å². The fourth-order valence-electron chi connectivity index (χ4n) is 1.30. The van der Waals surface area contributed by atoms with Crippen LogP contribution in [0.25, 0.3) is 0 Å². The van der Waals surface area contributed by atoms with Crippen LogP contribution in [0.1, 0.15) is 6.92 Å². The maximum Gasteiger partial charge on any atom is 0.330 e. The number of nitrogens with one attached hydrogen (secondary N) is 1. The molecular formula is C12H13ClN4O2. The summed E-state index contributed by atoms with van der Waals surface area (Å²) in [6.07, 6.45) is 0. The molecule has 0 radical (unpaired) electrons. The van der Waals surface area contributed by atoms with Gasteiger partial charge in [-0.15, -0.1) is 4.98 Å². The average molecular weight is 281 g/mol. The topological polar surface area (TPSA) is 69.2 Å². The summed E-state index contributed by atoms with van der Waals surface area (Å²) in [6, 6.07) is 7.27. The highest BCUT2D eigenvalue weighted by molar-refractivity contribution is 6.30. The molecule has 1 heterocycles. The highest BCUT2D eigenvalue weighted by Gasteiger charge is 2.08. The van der Waals surface area contributed by atoms with Crippen LogP contribution < -0.4 is 14.8 Å². The highest BCUT2D eigenvalue weighted by atomic mass is 35.5. The van der Waals surface area contributed by atoms with Gasteiger partial charge in [-0.3, -0.25) is 0 Å². The first-order valence-corrected chi connectivity index (χ1v) is 6.09. The van der Waals surface area contributed by atoms with Crippen molar-refractivity contribution in [2.45, 2.75) is 6.92 Å². The van der Waals surface area contributed by atoms with Crippen LogP contribution in [-0.2, 0) is 0 Å². The lowest BCUT2D eigenvalue weighted by Gasteiger charge is -2.07. The van der Waals surface area contributed by atoms with Crippen LogP contribution in [0.15, 0.2) is 24.3 Å². The Balaban J connectivity index is 2.23. The molecule has 7 heteroatoms. The Morgan fingerprint density at radius 3 is 2.42 bits per heavy atom. The number of hydrogen-bond donors (Lipinski definition) is 1. The van der Waals surface area contributed by atoms with Gasteiger partial charge in [-0.05, 0) is 31.2 Å². The van der Waals surface area contributed by atoms with Crippen LogP contribution in [0.3, 0.4) is 0 Å². The predicted molar refractivity (Wildman–Crippen MR) is 72.1 cm³/mol. The SMILES string of the molecule is CCOc1nc(NC)nc(Oc2ccc(Cl)cc2)n1. The molecule has 0 unspecified atom stereocenters. The van der Waals surface area contributed by atoms with Gasteiger partial charge in [0.1, 0.15) is 5.75 Å². The number of aromatic nitrogens is 3. The van der Waals surface area contributed by atoms with E-state index in [9.17, 15) is 0 Å². The maximum absolute atomic E-state index is 5.80. The average Bonchev–Trinajstić information content (AvgIpc) is 2.41. The molecule has 0 aliphatic heterocycles. The lowest BCUT2D eigenvalue weighted by molar-refractivity contribution is 0.304. The van der Waals surface area contributed by atoms with Gasteiger partial charge in [0.05, 0.1) is 6.61 Å². The minimum Gasteiger partial charge on any atom is -0.464 e.